The molecule has 2 saturated heterocycles. The summed E-state index contributed by atoms with van der Waals surface area (Å²) in [6, 6.07) is 9.42. The van der Waals surface area contributed by atoms with Crippen molar-refractivity contribution < 1.29 is 33.1 Å². The normalized spacial score (nSPS) is 18.8. The maximum absolute atomic E-state index is 13.3. The monoisotopic (exact) mass is 683 g/mol. The van der Waals surface area contributed by atoms with Crippen molar-refractivity contribution >= 4 is 24.8 Å². The van der Waals surface area contributed by atoms with E-state index in [0.29, 0.717) is 30.1 Å². The van der Waals surface area contributed by atoms with Crippen LogP contribution in [-0.2, 0) is 18.8 Å². The van der Waals surface area contributed by atoms with E-state index in [1.165, 1.54) is 0 Å². The fourth-order valence-electron chi connectivity index (χ4n) is 5.42. The van der Waals surface area contributed by atoms with Gasteiger partial charge < -0.3 is 29.3 Å². The fraction of sp³-hybridized carbons (Fsp3) is 0.632. The molecule has 2 heterocycles. The second kappa shape index (κ2) is 18.4. The van der Waals surface area contributed by atoms with E-state index in [1.54, 1.807) is 18.1 Å². The van der Waals surface area contributed by atoms with E-state index >= 15 is 0 Å². The predicted octanol–water partition coefficient (Wildman–Crippen LogP) is 6.27. The molecule has 0 spiro atoms. The molecule has 2 unspecified atom stereocenters. The zero-order valence-corrected chi connectivity index (χ0v) is 32.3. The number of hydrogen-bond donors (Lipinski definition) is 2. The van der Waals surface area contributed by atoms with Crippen LogP contribution in [0.3, 0.4) is 0 Å². The highest BCUT2D eigenvalue weighted by atomic mass is 16.7. The van der Waals surface area contributed by atoms with Crippen LogP contribution in [0, 0.1) is 26.2 Å². The van der Waals surface area contributed by atoms with Gasteiger partial charge in [0.25, 0.3) is 5.91 Å². The molecular formula is C38H62BN3O7. The number of ether oxygens (including phenoxy) is 3. The zero-order valence-electron chi connectivity index (χ0n) is 32.3. The van der Waals surface area contributed by atoms with Gasteiger partial charge in [-0.3, -0.25) is 15.0 Å². The molecule has 0 saturated carbocycles. The first-order valence-electron chi connectivity index (χ1n) is 17.5. The topological polar surface area (TPSA) is 122 Å². The second-order valence-corrected chi connectivity index (χ2v) is 14.7. The summed E-state index contributed by atoms with van der Waals surface area (Å²) in [6.07, 6.45) is 3.37. The second-order valence-electron chi connectivity index (χ2n) is 14.7. The lowest BCUT2D eigenvalue weighted by Crippen LogP contribution is -2.55. The van der Waals surface area contributed by atoms with E-state index in [1.807, 2.05) is 107 Å². The number of amides is 1. The third kappa shape index (κ3) is 11.9. The number of carbonyl (C=O) groups is 2. The Bertz CT molecular complexity index is 1330. The lowest BCUT2D eigenvalue weighted by Gasteiger charge is -2.35. The Balaban J connectivity index is 0.000000588. The number of nitrogens with one attached hydrogen (secondary N) is 1. The average molecular weight is 684 g/mol. The molecule has 2 aromatic rings. The summed E-state index contributed by atoms with van der Waals surface area (Å²) in [5.74, 6) is 0.291. The number of aryl methyl sites for hydroxylation is 2. The van der Waals surface area contributed by atoms with Crippen LogP contribution in [0.4, 0.5) is 0 Å². The number of nitrogens with two attached hydrogens (primary N) is 1. The number of aldehydes is 1. The van der Waals surface area contributed by atoms with Gasteiger partial charge in [-0.15, -0.1) is 0 Å². The number of rotatable bonds is 10. The third-order valence-electron chi connectivity index (χ3n) is 8.92. The maximum Gasteiger partial charge on any atom is 0.498 e. The van der Waals surface area contributed by atoms with Crippen LogP contribution in [-0.4, -0.2) is 74.8 Å². The molecule has 2 aliphatic heterocycles. The minimum atomic E-state index is -0.629. The summed E-state index contributed by atoms with van der Waals surface area (Å²) < 4.78 is 30.4. The van der Waals surface area contributed by atoms with Gasteiger partial charge in [0.15, 0.2) is 6.29 Å². The molecule has 274 valence electrons. The van der Waals surface area contributed by atoms with Gasteiger partial charge in [0.1, 0.15) is 18.6 Å². The van der Waals surface area contributed by atoms with Gasteiger partial charge in [-0.1, -0.05) is 57.9 Å². The largest absolute Gasteiger partial charge is 0.498 e. The van der Waals surface area contributed by atoms with Crippen molar-refractivity contribution in [3.05, 3.63) is 58.1 Å². The van der Waals surface area contributed by atoms with E-state index in [9.17, 15) is 9.59 Å². The molecule has 1 amide bonds. The summed E-state index contributed by atoms with van der Waals surface area (Å²) in [4.78, 5) is 23.6. The minimum Gasteiger partial charge on any atom is -0.491 e. The van der Waals surface area contributed by atoms with Crippen LogP contribution in [0.5, 0.6) is 5.75 Å². The Morgan fingerprint density at radius 1 is 1.04 bits per heavy atom. The molecule has 0 bridgehead atoms. The molecule has 4 rings (SSSR count). The van der Waals surface area contributed by atoms with Crippen LogP contribution < -0.4 is 21.4 Å². The fourth-order valence-corrected chi connectivity index (χ4v) is 5.42. The lowest BCUT2D eigenvalue weighted by molar-refractivity contribution is -0.165. The molecule has 11 heteroatoms. The van der Waals surface area contributed by atoms with Crippen LogP contribution in [0.25, 0.3) is 0 Å². The SMILES string of the molecule is CC.Cc1c(C(=O)NN(C)C(N)C(C)(C)C)ccc(B2OC(C)(C)C(C)(C)O2)c1OCCOC1CCCCO1.Cc1cc(C)cc(C=O)c1. The Hall–Kier alpha value is -2.80. The lowest BCUT2D eigenvalue weighted by atomic mass is 9.76. The van der Waals surface area contributed by atoms with Gasteiger partial charge in [-0.2, -0.15) is 0 Å². The first-order valence-corrected chi connectivity index (χ1v) is 17.5. The summed E-state index contributed by atoms with van der Waals surface area (Å²) in [6.45, 7) is 25.3. The first-order chi connectivity index (χ1) is 22.9. The van der Waals surface area contributed by atoms with E-state index in [2.05, 4.69) is 5.43 Å². The highest BCUT2D eigenvalue weighted by molar-refractivity contribution is 6.63. The molecule has 0 aliphatic carbocycles. The molecule has 0 radical (unpaired) electrons. The quantitative estimate of drug-likeness (QED) is 0.0982. The molecule has 10 nitrogen and oxygen atoms in total. The molecular weight excluding hydrogens is 621 g/mol. The summed E-state index contributed by atoms with van der Waals surface area (Å²) in [5, 5.41) is 1.64. The molecule has 2 atom stereocenters. The van der Waals surface area contributed by atoms with Gasteiger partial charge in [-0.25, -0.2) is 5.01 Å². The smallest absolute Gasteiger partial charge is 0.491 e. The number of hydrogen-bond acceptors (Lipinski definition) is 9. The molecule has 2 fully saturated rings. The minimum absolute atomic E-state index is 0.194. The van der Waals surface area contributed by atoms with Crippen molar-refractivity contribution in [1.82, 2.24) is 10.4 Å². The van der Waals surface area contributed by atoms with Crippen LogP contribution in [0.2, 0.25) is 0 Å². The van der Waals surface area contributed by atoms with Crippen LogP contribution >= 0.6 is 0 Å². The number of nitrogens with zero attached hydrogens (tertiary/aromatic N) is 1. The van der Waals surface area contributed by atoms with Crippen molar-refractivity contribution in [1.29, 1.82) is 0 Å². The third-order valence-corrected chi connectivity index (χ3v) is 8.92. The molecule has 3 N–H and O–H groups in total. The van der Waals surface area contributed by atoms with Gasteiger partial charge in [0, 0.05) is 35.8 Å². The van der Waals surface area contributed by atoms with Crippen molar-refractivity contribution in [2.24, 2.45) is 11.1 Å². The van der Waals surface area contributed by atoms with Gasteiger partial charge in [0.05, 0.1) is 24.0 Å². The molecule has 0 aromatic heterocycles. The Morgan fingerprint density at radius 3 is 2.14 bits per heavy atom. The Morgan fingerprint density at radius 2 is 1.63 bits per heavy atom. The van der Waals surface area contributed by atoms with Gasteiger partial charge in [-0.05, 0) is 91.3 Å². The van der Waals surface area contributed by atoms with E-state index < -0.39 is 18.3 Å². The summed E-state index contributed by atoms with van der Waals surface area (Å²) in [7, 11) is 1.14. The van der Waals surface area contributed by atoms with Gasteiger partial charge >= 0.3 is 7.12 Å². The highest BCUT2D eigenvalue weighted by Crippen LogP contribution is 2.38. The first kappa shape index (κ1) is 42.4. The molecule has 49 heavy (non-hydrogen) atoms. The number of hydrazine groups is 1. The average Bonchev–Trinajstić information content (AvgIpc) is 3.25. The van der Waals surface area contributed by atoms with E-state index in [-0.39, 0.29) is 23.8 Å². The summed E-state index contributed by atoms with van der Waals surface area (Å²) in [5.41, 5.74) is 13.0. The maximum atomic E-state index is 13.3. The Kier molecular flexibility index (Phi) is 15.9. The van der Waals surface area contributed by atoms with Crippen molar-refractivity contribution in [2.45, 2.75) is 126 Å². The molecule has 2 aromatic carbocycles. The predicted molar refractivity (Wildman–Crippen MR) is 197 cm³/mol. The van der Waals surface area contributed by atoms with Crippen LogP contribution in [0.1, 0.15) is 119 Å². The van der Waals surface area contributed by atoms with Crippen molar-refractivity contribution in [3.63, 3.8) is 0 Å². The van der Waals surface area contributed by atoms with Crippen molar-refractivity contribution in [2.75, 3.05) is 26.9 Å². The molecule has 2 aliphatic rings. The number of benzene rings is 2. The van der Waals surface area contributed by atoms with Crippen molar-refractivity contribution in [3.8, 4) is 5.75 Å². The zero-order chi connectivity index (χ0) is 37.2. The van der Waals surface area contributed by atoms with E-state index in [4.69, 9.17) is 29.3 Å². The van der Waals surface area contributed by atoms with Gasteiger partial charge in [0.2, 0.25) is 0 Å². The summed E-state index contributed by atoms with van der Waals surface area (Å²) >= 11 is 0. The van der Waals surface area contributed by atoms with Crippen LogP contribution in [0.15, 0.2) is 30.3 Å². The Labute approximate surface area is 295 Å². The highest BCUT2D eigenvalue weighted by Gasteiger charge is 2.52. The standard InChI is InChI=1S/C27H46BN3O6.C9H10O.C2H6/c1-18-19(23(32)30-31(9)24(29)25(2,3)4)13-14-20(28-36-26(5,6)27(7,8)37-28)22(18)35-17-16-34-21-12-10-11-15-33-21;1-7-3-8(2)5-9(4-7)6-10;1-2/h13-14,21,24H,10-12,15-17,29H2,1-9H3,(H,30,32);3-6H,1-2H3;1-2H3. The number of carbonyl (C=O) groups excluding carboxylic acids is 2. The van der Waals surface area contributed by atoms with E-state index in [0.717, 1.165) is 54.3 Å².